The summed E-state index contributed by atoms with van der Waals surface area (Å²) in [6.07, 6.45) is 2.07. The van der Waals surface area contributed by atoms with Crippen LogP contribution in [-0.2, 0) is 13.0 Å². The van der Waals surface area contributed by atoms with E-state index in [0.29, 0.717) is 11.5 Å². The molecule has 8 heteroatoms. The Hall–Kier alpha value is -3.68. The zero-order valence-electron chi connectivity index (χ0n) is 16.5. The van der Waals surface area contributed by atoms with Crippen LogP contribution in [0.3, 0.4) is 0 Å². The van der Waals surface area contributed by atoms with E-state index in [1.165, 1.54) is 31.0 Å². The Morgan fingerprint density at radius 3 is 2.83 bits per heavy atom. The fraction of sp³-hybridized carbons (Fsp3) is 0.227. The van der Waals surface area contributed by atoms with Crippen molar-refractivity contribution in [1.29, 1.82) is 0 Å². The number of carboxylic acids is 1. The van der Waals surface area contributed by atoms with Crippen molar-refractivity contribution in [2.45, 2.75) is 26.0 Å². The predicted octanol–water partition coefficient (Wildman–Crippen LogP) is 3.98. The molecule has 0 saturated carbocycles. The molecule has 1 N–H and O–H groups in total. The number of benzene rings is 2. The largest absolute Gasteiger partial charge is 0.494 e. The van der Waals surface area contributed by atoms with Gasteiger partial charge in [0.15, 0.2) is 11.6 Å². The van der Waals surface area contributed by atoms with Gasteiger partial charge in [-0.05, 0) is 42.7 Å². The van der Waals surface area contributed by atoms with Crippen LogP contribution in [0.15, 0.2) is 48.7 Å². The number of para-hydroxylation sites is 1. The van der Waals surface area contributed by atoms with Crippen LogP contribution in [0.2, 0.25) is 0 Å². The molecule has 1 atom stereocenters. The van der Waals surface area contributed by atoms with Crippen LogP contribution < -0.4 is 14.4 Å². The van der Waals surface area contributed by atoms with Gasteiger partial charge >= 0.3 is 5.97 Å². The molecular weight excluding hydrogens is 389 g/mol. The Labute approximate surface area is 172 Å². The maximum absolute atomic E-state index is 13.9. The molecule has 2 heterocycles. The lowest BCUT2D eigenvalue weighted by Gasteiger charge is -2.23. The number of anilines is 2. The van der Waals surface area contributed by atoms with Crippen molar-refractivity contribution in [1.82, 2.24) is 9.97 Å². The lowest BCUT2D eigenvalue weighted by Crippen LogP contribution is -2.26. The van der Waals surface area contributed by atoms with Crippen molar-refractivity contribution in [2.24, 2.45) is 0 Å². The summed E-state index contributed by atoms with van der Waals surface area (Å²) in [5.74, 6) is -1.32. The van der Waals surface area contributed by atoms with Gasteiger partial charge in [-0.1, -0.05) is 24.3 Å². The van der Waals surface area contributed by atoms with Crippen molar-refractivity contribution in [3.05, 3.63) is 71.2 Å². The van der Waals surface area contributed by atoms with Crippen molar-refractivity contribution < 1.29 is 23.8 Å². The quantitative estimate of drug-likeness (QED) is 0.659. The van der Waals surface area contributed by atoms with Crippen LogP contribution in [0.25, 0.3) is 0 Å². The molecule has 0 aliphatic carbocycles. The summed E-state index contributed by atoms with van der Waals surface area (Å²) in [4.78, 5) is 22.2. The van der Waals surface area contributed by atoms with Crippen molar-refractivity contribution >= 4 is 17.6 Å². The van der Waals surface area contributed by atoms with Crippen molar-refractivity contribution in [3.63, 3.8) is 0 Å². The van der Waals surface area contributed by atoms with Gasteiger partial charge in [-0.2, -0.15) is 4.98 Å². The van der Waals surface area contributed by atoms with E-state index in [4.69, 9.17) is 9.47 Å². The van der Waals surface area contributed by atoms with Crippen LogP contribution in [-0.4, -0.2) is 34.2 Å². The number of methoxy groups -OCH3 is 1. The smallest absolute Gasteiger partial charge is 0.342 e. The third-order valence-electron chi connectivity index (χ3n) is 4.99. The van der Waals surface area contributed by atoms with E-state index in [1.807, 2.05) is 29.2 Å². The molecule has 1 aliphatic heterocycles. The van der Waals surface area contributed by atoms with E-state index >= 15 is 0 Å². The number of ether oxygens (including phenoxy) is 2. The third kappa shape index (κ3) is 3.63. The van der Waals surface area contributed by atoms with E-state index in [9.17, 15) is 14.3 Å². The molecule has 1 aliphatic rings. The Morgan fingerprint density at radius 1 is 1.30 bits per heavy atom. The van der Waals surface area contributed by atoms with Gasteiger partial charge in [0.05, 0.1) is 13.3 Å². The number of nitrogens with zero attached hydrogens (tertiary/aromatic N) is 3. The number of rotatable bonds is 6. The molecule has 7 nitrogen and oxygen atoms in total. The van der Waals surface area contributed by atoms with Crippen LogP contribution in [0, 0.1) is 5.82 Å². The van der Waals surface area contributed by atoms with Crippen LogP contribution in [0.4, 0.5) is 16.0 Å². The van der Waals surface area contributed by atoms with Gasteiger partial charge in [0, 0.05) is 11.7 Å². The number of carbonyl (C=O) groups is 1. The second kappa shape index (κ2) is 7.98. The van der Waals surface area contributed by atoms with Crippen LogP contribution >= 0.6 is 0 Å². The monoisotopic (exact) mass is 409 g/mol. The number of aromatic carboxylic acids is 1. The summed E-state index contributed by atoms with van der Waals surface area (Å²) in [7, 11) is 1.38. The lowest BCUT2D eigenvalue weighted by atomic mass is 10.1. The maximum atomic E-state index is 13.9. The van der Waals surface area contributed by atoms with Gasteiger partial charge < -0.3 is 19.5 Å². The molecule has 0 saturated heterocycles. The Kier molecular flexibility index (Phi) is 5.22. The Bertz CT molecular complexity index is 1110. The highest BCUT2D eigenvalue weighted by Gasteiger charge is 2.30. The molecule has 0 bridgehead atoms. The fourth-order valence-electron chi connectivity index (χ4n) is 3.55. The summed E-state index contributed by atoms with van der Waals surface area (Å²) in [6, 6.07) is 12.5. The van der Waals surface area contributed by atoms with Gasteiger partial charge in [0.1, 0.15) is 12.2 Å². The number of hydrogen-bond acceptors (Lipinski definition) is 6. The average molecular weight is 409 g/mol. The summed E-state index contributed by atoms with van der Waals surface area (Å²) in [6.45, 7) is 2.00. The number of aromatic nitrogens is 2. The third-order valence-corrected chi connectivity index (χ3v) is 4.99. The summed E-state index contributed by atoms with van der Waals surface area (Å²) in [5, 5.41) is 9.49. The number of hydrogen-bond donors (Lipinski definition) is 1. The molecular formula is C22H20FN3O4. The zero-order chi connectivity index (χ0) is 21.3. The SMILES string of the molecule is COc1ccc(COc2nc(N3c4ccccc4CC3C)ncc2C(=O)O)cc1F. The lowest BCUT2D eigenvalue weighted by molar-refractivity contribution is 0.0690. The van der Waals surface area contributed by atoms with Gasteiger partial charge in [0.2, 0.25) is 11.8 Å². The fourth-order valence-corrected chi connectivity index (χ4v) is 3.55. The first-order chi connectivity index (χ1) is 14.5. The standard InChI is InChI=1S/C22H20FN3O4/c1-13-9-15-5-3-4-6-18(15)26(13)22-24-11-16(21(27)28)20(25-22)30-12-14-7-8-19(29-2)17(23)10-14/h3-8,10-11,13H,9,12H2,1-2H3,(H,27,28). The molecule has 2 aromatic carbocycles. The first kappa shape index (κ1) is 19.6. The summed E-state index contributed by atoms with van der Waals surface area (Å²) in [5.41, 5.74) is 2.51. The molecule has 1 aromatic heterocycles. The molecule has 30 heavy (non-hydrogen) atoms. The molecule has 1 unspecified atom stereocenters. The average Bonchev–Trinajstić information content (AvgIpc) is 3.07. The molecule has 0 amide bonds. The normalized spacial score (nSPS) is 15.0. The second-order valence-electron chi connectivity index (χ2n) is 7.00. The zero-order valence-corrected chi connectivity index (χ0v) is 16.5. The van der Waals surface area contributed by atoms with Crippen molar-refractivity contribution in [3.8, 4) is 11.6 Å². The maximum Gasteiger partial charge on any atom is 0.342 e. The van der Waals surface area contributed by atoms with Gasteiger partial charge in [-0.25, -0.2) is 14.2 Å². The first-order valence-corrected chi connectivity index (χ1v) is 9.40. The van der Waals surface area contributed by atoms with Gasteiger partial charge in [-0.3, -0.25) is 0 Å². The Morgan fingerprint density at radius 2 is 2.10 bits per heavy atom. The van der Waals surface area contributed by atoms with E-state index in [-0.39, 0.29) is 29.8 Å². The number of fused-ring (bicyclic) bond motifs is 1. The summed E-state index contributed by atoms with van der Waals surface area (Å²) < 4.78 is 24.5. The Balaban J connectivity index is 1.64. The second-order valence-corrected chi connectivity index (χ2v) is 7.00. The minimum atomic E-state index is -1.20. The van der Waals surface area contributed by atoms with E-state index in [1.54, 1.807) is 6.07 Å². The van der Waals surface area contributed by atoms with Crippen LogP contribution in [0.5, 0.6) is 11.6 Å². The number of halogens is 1. The van der Waals surface area contributed by atoms with E-state index < -0.39 is 11.8 Å². The highest BCUT2D eigenvalue weighted by atomic mass is 19.1. The highest BCUT2D eigenvalue weighted by molar-refractivity contribution is 5.90. The first-order valence-electron chi connectivity index (χ1n) is 9.40. The van der Waals surface area contributed by atoms with Crippen molar-refractivity contribution in [2.75, 3.05) is 12.0 Å². The predicted molar refractivity (Wildman–Crippen MR) is 108 cm³/mol. The van der Waals surface area contributed by atoms with Crippen LogP contribution in [0.1, 0.15) is 28.4 Å². The molecule has 3 aromatic rings. The van der Waals surface area contributed by atoms with Gasteiger partial charge in [-0.15, -0.1) is 0 Å². The minimum absolute atomic E-state index is 0.0518. The molecule has 4 rings (SSSR count). The topological polar surface area (TPSA) is 84.8 Å². The minimum Gasteiger partial charge on any atom is -0.494 e. The highest BCUT2D eigenvalue weighted by Crippen LogP contribution is 2.37. The molecule has 0 fully saturated rings. The van der Waals surface area contributed by atoms with E-state index in [2.05, 4.69) is 16.9 Å². The molecule has 0 radical (unpaired) electrons. The molecule has 154 valence electrons. The van der Waals surface area contributed by atoms with E-state index in [0.717, 1.165) is 12.1 Å². The molecule has 0 spiro atoms. The van der Waals surface area contributed by atoms with Gasteiger partial charge in [0.25, 0.3) is 0 Å². The number of carboxylic acid groups (broad SMARTS) is 1. The summed E-state index contributed by atoms with van der Waals surface area (Å²) >= 11 is 0.